The van der Waals surface area contributed by atoms with E-state index in [1.807, 2.05) is 0 Å². The smallest absolute Gasteiger partial charge is 0.391 e. The Morgan fingerprint density at radius 1 is 1.35 bits per heavy atom. The lowest BCUT2D eigenvalue weighted by atomic mass is 10.1. The van der Waals surface area contributed by atoms with E-state index in [1.54, 1.807) is 0 Å². The molecule has 5 nitrogen and oxygen atoms in total. The summed E-state index contributed by atoms with van der Waals surface area (Å²) in [7, 11) is 0. The third kappa shape index (κ3) is 3.54. The van der Waals surface area contributed by atoms with Crippen LogP contribution in [0.1, 0.15) is 35.3 Å². The van der Waals surface area contributed by atoms with Crippen molar-refractivity contribution in [3.05, 3.63) is 40.3 Å². The third-order valence-corrected chi connectivity index (χ3v) is 4.53. The van der Waals surface area contributed by atoms with Crippen molar-refractivity contribution < 1.29 is 32.0 Å². The number of carbonyl (C=O) groups excluding carboxylic acids is 1. The van der Waals surface area contributed by atoms with Gasteiger partial charge in [0, 0.05) is 5.56 Å². The molecule has 140 valence electrons. The van der Waals surface area contributed by atoms with Gasteiger partial charge in [-0.05, 0) is 31.4 Å². The standard InChI is InChI=1S/C16H13ClF4N2O3/c17-12-13(15(25)22-10-2-1-3-11(10)24)23-26-14(12)7-4-5-8(9(18)6-7)16(19,20)21/h4-6,10-11,24H,1-3H2,(H,22,25). The maximum atomic E-state index is 13.7. The van der Waals surface area contributed by atoms with Crippen molar-refractivity contribution in [3.63, 3.8) is 0 Å². The molecule has 1 aromatic carbocycles. The fourth-order valence-corrected chi connectivity index (χ4v) is 3.10. The average Bonchev–Trinajstić information content (AvgIpc) is 3.12. The number of hydrogen-bond acceptors (Lipinski definition) is 4. The molecule has 1 amide bonds. The van der Waals surface area contributed by atoms with E-state index in [0.29, 0.717) is 25.0 Å². The Bertz CT molecular complexity index is 837. The molecule has 10 heteroatoms. The van der Waals surface area contributed by atoms with Gasteiger partial charge in [-0.25, -0.2) is 4.39 Å². The summed E-state index contributed by atoms with van der Waals surface area (Å²) in [5.41, 5.74) is -1.81. The first-order valence-electron chi connectivity index (χ1n) is 7.69. The molecule has 0 saturated heterocycles. The predicted octanol–water partition coefficient (Wildman–Crippen LogP) is 3.80. The van der Waals surface area contributed by atoms with E-state index in [1.165, 1.54) is 0 Å². The first kappa shape index (κ1) is 18.7. The fourth-order valence-electron chi connectivity index (χ4n) is 2.83. The third-order valence-electron chi connectivity index (χ3n) is 4.18. The predicted molar refractivity (Wildman–Crippen MR) is 83.0 cm³/mol. The molecule has 2 atom stereocenters. The summed E-state index contributed by atoms with van der Waals surface area (Å²) >= 11 is 6.03. The number of aliphatic hydroxyl groups is 1. The molecule has 1 aliphatic carbocycles. The van der Waals surface area contributed by atoms with Crippen molar-refractivity contribution >= 4 is 17.5 Å². The number of alkyl halides is 3. The highest BCUT2D eigenvalue weighted by atomic mass is 35.5. The number of benzene rings is 1. The molecule has 1 fully saturated rings. The number of nitrogens with zero attached hydrogens (tertiary/aromatic N) is 1. The molecule has 2 aromatic rings. The number of aliphatic hydroxyl groups excluding tert-OH is 1. The quantitative estimate of drug-likeness (QED) is 0.779. The number of aromatic nitrogens is 1. The Kier molecular flexibility index (Phi) is 4.94. The Balaban J connectivity index is 1.85. The molecule has 0 bridgehead atoms. The molecule has 2 unspecified atom stereocenters. The molecular weight excluding hydrogens is 380 g/mol. The second kappa shape index (κ2) is 6.88. The van der Waals surface area contributed by atoms with Crippen molar-refractivity contribution in [3.8, 4) is 11.3 Å². The van der Waals surface area contributed by atoms with Gasteiger partial charge in [0.2, 0.25) is 0 Å². The lowest BCUT2D eigenvalue weighted by molar-refractivity contribution is -0.139. The van der Waals surface area contributed by atoms with Gasteiger partial charge in [0.05, 0.1) is 17.7 Å². The molecule has 1 saturated carbocycles. The molecule has 0 radical (unpaired) electrons. The van der Waals surface area contributed by atoms with Crippen molar-refractivity contribution in [1.29, 1.82) is 0 Å². The lowest BCUT2D eigenvalue weighted by Crippen LogP contribution is -2.40. The summed E-state index contributed by atoms with van der Waals surface area (Å²) in [5, 5.41) is 15.6. The Morgan fingerprint density at radius 3 is 2.65 bits per heavy atom. The van der Waals surface area contributed by atoms with Crippen molar-refractivity contribution in [2.45, 2.75) is 37.6 Å². The van der Waals surface area contributed by atoms with Gasteiger partial charge in [-0.15, -0.1) is 0 Å². The highest BCUT2D eigenvalue weighted by Crippen LogP contribution is 2.36. The topological polar surface area (TPSA) is 75.4 Å². The van der Waals surface area contributed by atoms with E-state index in [0.717, 1.165) is 12.5 Å². The minimum absolute atomic E-state index is 0.0899. The van der Waals surface area contributed by atoms with Crippen LogP contribution >= 0.6 is 11.6 Å². The maximum absolute atomic E-state index is 13.7. The van der Waals surface area contributed by atoms with Gasteiger partial charge < -0.3 is 14.9 Å². The van der Waals surface area contributed by atoms with Crippen molar-refractivity contribution in [1.82, 2.24) is 10.5 Å². The molecule has 3 rings (SSSR count). The van der Waals surface area contributed by atoms with Crippen LogP contribution in [0.5, 0.6) is 0 Å². The first-order chi connectivity index (χ1) is 12.2. The summed E-state index contributed by atoms with van der Waals surface area (Å²) in [6.07, 6.45) is -3.59. The normalized spacial score (nSPS) is 20.4. The summed E-state index contributed by atoms with van der Waals surface area (Å²) in [4.78, 5) is 12.2. The SMILES string of the molecule is O=C(NC1CCCC1O)c1noc(-c2ccc(C(F)(F)F)c(F)c2)c1Cl. The van der Waals surface area contributed by atoms with Gasteiger partial charge in [-0.1, -0.05) is 22.8 Å². The summed E-state index contributed by atoms with van der Waals surface area (Å²) < 4.78 is 56.5. The molecular formula is C16H13ClF4N2O3. The zero-order valence-electron chi connectivity index (χ0n) is 13.1. The van der Waals surface area contributed by atoms with Crippen molar-refractivity contribution in [2.75, 3.05) is 0 Å². The van der Waals surface area contributed by atoms with Gasteiger partial charge in [0.1, 0.15) is 10.8 Å². The van der Waals surface area contributed by atoms with E-state index in [9.17, 15) is 27.5 Å². The maximum Gasteiger partial charge on any atom is 0.419 e. The van der Waals surface area contributed by atoms with Crippen LogP contribution < -0.4 is 5.32 Å². The highest BCUT2D eigenvalue weighted by molar-refractivity contribution is 6.35. The van der Waals surface area contributed by atoms with Crippen LogP contribution in [0, 0.1) is 5.82 Å². The number of carbonyl (C=O) groups is 1. The van der Waals surface area contributed by atoms with Crippen LogP contribution in [-0.4, -0.2) is 28.3 Å². The average molecular weight is 393 g/mol. The number of nitrogens with one attached hydrogen (secondary N) is 1. The summed E-state index contributed by atoms with van der Waals surface area (Å²) in [5.74, 6) is -2.41. The van der Waals surface area contributed by atoms with Crippen LogP contribution in [0.25, 0.3) is 11.3 Å². The van der Waals surface area contributed by atoms with E-state index >= 15 is 0 Å². The van der Waals surface area contributed by atoms with E-state index in [4.69, 9.17) is 16.1 Å². The summed E-state index contributed by atoms with van der Waals surface area (Å²) in [6, 6.07) is 1.69. The van der Waals surface area contributed by atoms with Gasteiger partial charge in [-0.3, -0.25) is 4.79 Å². The second-order valence-electron chi connectivity index (χ2n) is 5.94. The zero-order chi connectivity index (χ0) is 19.1. The first-order valence-corrected chi connectivity index (χ1v) is 8.07. The molecule has 26 heavy (non-hydrogen) atoms. The molecule has 0 aliphatic heterocycles. The number of rotatable bonds is 3. The molecule has 2 N–H and O–H groups in total. The van der Waals surface area contributed by atoms with Crippen LogP contribution in [0.4, 0.5) is 17.6 Å². The minimum atomic E-state index is -4.83. The number of halogens is 5. The van der Waals surface area contributed by atoms with Crippen molar-refractivity contribution in [2.24, 2.45) is 0 Å². The Hall–Kier alpha value is -2.13. The van der Waals surface area contributed by atoms with Gasteiger partial charge in [0.25, 0.3) is 5.91 Å². The molecule has 0 spiro atoms. The van der Waals surface area contributed by atoms with E-state index in [2.05, 4.69) is 10.5 Å². The van der Waals surface area contributed by atoms with Crippen LogP contribution in [-0.2, 0) is 6.18 Å². The van der Waals surface area contributed by atoms with Gasteiger partial charge in [-0.2, -0.15) is 13.2 Å². The van der Waals surface area contributed by atoms with Gasteiger partial charge >= 0.3 is 6.18 Å². The highest BCUT2D eigenvalue weighted by Gasteiger charge is 2.35. The lowest BCUT2D eigenvalue weighted by Gasteiger charge is -2.15. The Morgan fingerprint density at radius 2 is 2.08 bits per heavy atom. The van der Waals surface area contributed by atoms with Crippen LogP contribution in [0.3, 0.4) is 0 Å². The van der Waals surface area contributed by atoms with E-state index < -0.39 is 35.6 Å². The van der Waals surface area contributed by atoms with Crippen LogP contribution in [0.2, 0.25) is 5.02 Å². The molecule has 1 aromatic heterocycles. The van der Waals surface area contributed by atoms with Gasteiger partial charge in [0.15, 0.2) is 11.5 Å². The number of hydrogen-bond donors (Lipinski definition) is 2. The zero-order valence-corrected chi connectivity index (χ0v) is 13.9. The minimum Gasteiger partial charge on any atom is -0.391 e. The van der Waals surface area contributed by atoms with E-state index in [-0.39, 0.29) is 22.0 Å². The number of amides is 1. The molecule has 1 aliphatic rings. The summed E-state index contributed by atoms with van der Waals surface area (Å²) in [6.45, 7) is 0. The Labute approximate surface area is 149 Å². The largest absolute Gasteiger partial charge is 0.419 e. The molecule has 1 heterocycles. The second-order valence-corrected chi connectivity index (χ2v) is 6.32. The van der Waals surface area contributed by atoms with Crippen LogP contribution in [0.15, 0.2) is 22.7 Å². The fraction of sp³-hybridized carbons (Fsp3) is 0.375. The monoisotopic (exact) mass is 392 g/mol.